The van der Waals surface area contributed by atoms with Crippen molar-refractivity contribution in [1.29, 1.82) is 0 Å². The van der Waals surface area contributed by atoms with Gasteiger partial charge >= 0.3 is 0 Å². The second kappa shape index (κ2) is 5.57. The molecule has 0 aliphatic carbocycles. The van der Waals surface area contributed by atoms with Crippen LogP contribution in [0.2, 0.25) is 0 Å². The predicted octanol–water partition coefficient (Wildman–Crippen LogP) is 2.00. The quantitative estimate of drug-likeness (QED) is 0.506. The Hall–Kier alpha value is -0.980. The lowest BCUT2D eigenvalue weighted by atomic mass is 9.96. The van der Waals surface area contributed by atoms with Crippen LogP contribution in [0, 0.1) is 24.0 Å². The molecule has 2 N–H and O–H groups in total. The van der Waals surface area contributed by atoms with E-state index >= 15 is 0 Å². The molecule has 0 amide bonds. The molecule has 0 radical (unpaired) electrons. The number of aryl methyl sites for hydroxylation is 2. The Balaban J connectivity index is 3.35. The second-order valence-corrected chi connectivity index (χ2v) is 4.59. The topological polar surface area (TPSA) is 83.6 Å². The minimum absolute atomic E-state index is 0.151. The van der Waals surface area contributed by atoms with Crippen LogP contribution < -0.4 is 0 Å². The highest BCUT2D eigenvalue weighted by atomic mass is 79.9. The third kappa shape index (κ3) is 3.02. The zero-order chi connectivity index (χ0) is 13.2. The zero-order valence-corrected chi connectivity index (χ0v) is 11.1. The third-order valence-electron chi connectivity index (χ3n) is 2.52. The van der Waals surface area contributed by atoms with Crippen molar-refractivity contribution in [2.75, 3.05) is 5.33 Å². The van der Waals surface area contributed by atoms with Crippen molar-refractivity contribution in [2.24, 2.45) is 0 Å². The molecular formula is C11H14BrNO4. The molecule has 17 heavy (non-hydrogen) atoms. The van der Waals surface area contributed by atoms with E-state index < -0.39 is 17.1 Å². The summed E-state index contributed by atoms with van der Waals surface area (Å²) in [6, 6.07) is 3.14. The van der Waals surface area contributed by atoms with Gasteiger partial charge in [-0.15, -0.1) is 0 Å². The van der Waals surface area contributed by atoms with Crippen LogP contribution in [-0.4, -0.2) is 26.6 Å². The second-order valence-electron chi connectivity index (χ2n) is 3.94. The van der Waals surface area contributed by atoms with E-state index in [1.54, 1.807) is 19.9 Å². The number of halogens is 1. The summed E-state index contributed by atoms with van der Waals surface area (Å²) in [6.07, 6.45) is -2.34. The lowest BCUT2D eigenvalue weighted by Gasteiger charge is -2.18. The number of aliphatic hydroxyl groups excluding tert-OH is 2. The van der Waals surface area contributed by atoms with Crippen LogP contribution in [0.1, 0.15) is 22.8 Å². The Bertz CT molecular complexity index is 436. The van der Waals surface area contributed by atoms with Crippen LogP contribution in [0.25, 0.3) is 0 Å². The van der Waals surface area contributed by atoms with Gasteiger partial charge in [-0.3, -0.25) is 10.1 Å². The van der Waals surface area contributed by atoms with Gasteiger partial charge in [-0.2, -0.15) is 0 Å². The molecule has 0 aromatic heterocycles. The molecule has 2 atom stereocenters. The number of benzene rings is 1. The van der Waals surface area contributed by atoms with Crippen molar-refractivity contribution in [3.8, 4) is 0 Å². The van der Waals surface area contributed by atoms with Gasteiger partial charge in [0.15, 0.2) is 0 Å². The van der Waals surface area contributed by atoms with Gasteiger partial charge in [0.1, 0.15) is 6.10 Å². The normalized spacial score (nSPS) is 14.4. The fourth-order valence-electron chi connectivity index (χ4n) is 1.77. The number of hydrogen-bond acceptors (Lipinski definition) is 4. The number of nitro groups is 1. The van der Waals surface area contributed by atoms with Crippen LogP contribution in [0.3, 0.4) is 0 Å². The average molecular weight is 304 g/mol. The molecular weight excluding hydrogens is 290 g/mol. The summed E-state index contributed by atoms with van der Waals surface area (Å²) in [5.74, 6) is 0. The van der Waals surface area contributed by atoms with Crippen LogP contribution in [-0.2, 0) is 0 Å². The standard InChI is InChI=1S/C11H14BrNO4/c1-6-3-7(2)10(8(4-6)13(16)17)11(15)9(14)5-12/h3-4,9,11,14-15H,5H2,1-2H3. The molecule has 0 aliphatic rings. The molecule has 1 aromatic rings. The van der Waals surface area contributed by atoms with E-state index in [-0.39, 0.29) is 16.6 Å². The number of alkyl halides is 1. The van der Waals surface area contributed by atoms with Crippen molar-refractivity contribution in [2.45, 2.75) is 26.1 Å². The molecule has 0 saturated heterocycles. The highest BCUT2D eigenvalue weighted by Crippen LogP contribution is 2.32. The highest BCUT2D eigenvalue weighted by molar-refractivity contribution is 9.09. The van der Waals surface area contributed by atoms with Crippen molar-refractivity contribution in [3.05, 3.63) is 38.9 Å². The first-order chi connectivity index (χ1) is 7.88. The van der Waals surface area contributed by atoms with E-state index in [9.17, 15) is 20.3 Å². The fraction of sp³-hybridized carbons (Fsp3) is 0.455. The maximum Gasteiger partial charge on any atom is 0.275 e. The summed E-state index contributed by atoms with van der Waals surface area (Å²) >= 11 is 3.03. The molecule has 0 aliphatic heterocycles. The number of nitrogens with zero attached hydrogens (tertiary/aromatic N) is 1. The van der Waals surface area contributed by atoms with E-state index in [0.29, 0.717) is 5.56 Å². The molecule has 5 nitrogen and oxygen atoms in total. The molecule has 2 unspecified atom stereocenters. The minimum Gasteiger partial charge on any atom is -0.389 e. The Labute approximate surface area is 107 Å². The van der Waals surface area contributed by atoms with E-state index in [4.69, 9.17) is 0 Å². The Morgan fingerprint density at radius 3 is 2.47 bits per heavy atom. The first kappa shape index (κ1) is 14.1. The summed E-state index contributed by atoms with van der Waals surface area (Å²) in [6.45, 7) is 3.43. The maximum atomic E-state index is 10.9. The predicted molar refractivity (Wildman–Crippen MR) is 67.3 cm³/mol. The maximum absolute atomic E-state index is 10.9. The van der Waals surface area contributed by atoms with Gasteiger partial charge in [0.05, 0.1) is 16.6 Å². The van der Waals surface area contributed by atoms with Gasteiger partial charge in [-0.25, -0.2) is 0 Å². The van der Waals surface area contributed by atoms with Crippen molar-refractivity contribution >= 4 is 21.6 Å². The average Bonchev–Trinajstić information content (AvgIpc) is 2.26. The molecule has 6 heteroatoms. The zero-order valence-electron chi connectivity index (χ0n) is 9.55. The van der Waals surface area contributed by atoms with Crippen molar-refractivity contribution in [3.63, 3.8) is 0 Å². The Morgan fingerprint density at radius 2 is 2.00 bits per heavy atom. The third-order valence-corrected chi connectivity index (χ3v) is 3.19. The number of hydrogen-bond donors (Lipinski definition) is 2. The van der Waals surface area contributed by atoms with Crippen LogP contribution in [0.15, 0.2) is 12.1 Å². The van der Waals surface area contributed by atoms with Gasteiger partial charge in [-0.1, -0.05) is 22.0 Å². The number of nitro benzene ring substituents is 1. The molecule has 0 spiro atoms. The van der Waals surface area contributed by atoms with Gasteiger partial charge in [0.2, 0.25) is 0 Å². The van der Waals surface area contributed by atoms with Crippen LogP contribution in [0.5, 0.6) is 0 Å². The summed E-state index contributed by atoms with van der Waals surface area (Å²) < 4.78 is 0. The smallest absolute Gasteiger partial charge is 0.275 e. The number of rotatable bonds is 4. The van der Waals surface area contributed by atoms with Gasteiger partial charge in [0.25, 0.3) is 5.69 Å². The molecule has 1 rings (SSSR count). The molecule has 0 bridgehead atoms. The van der Waals surface area contributed by atoms with Crippen LogP contribution >= 0.6 is 15.9 Å². The van der Waals surface area contributed by atoms with Gasteiger partial charge in [0, 0.05) is 11.4 Å². The van der Waals surface area contributed by atoms with E-state index in [2.05, 4.69) is 15.9 Å². The lowest BCUT2D eigenvalue weighted by molar-refractivity contribution is -0.386. The van der Waals surface area contributed by atoms with E-state index in [1.807, 2.05) is 0 Å². The molecule has 0 saturated carbocycles. The van der Waals surface area contributed by atoms with Gasteiger partial charge < -0.3 is 10.2 Å². The Morgan fingerprint density at radius 1 is 1.41 bits per heavy atom. The lowest BCUT2D eigenvalue weighted by Crippen LogP contribution is -2.21. The SMILES string of the molecule is Cc1cc(C)c(C(O)C(O)CBr)c([N+](=O)[O-])c1. The molecule has 0 heterocycles. The Kier molecular flexibility index (Phi) is 4.62. The van der Waals surface area contributed by atoms with E-state index in [0.717, 1.165) is 5.56 Å². The van der Waals surface area contributed by atoms with Gasteiger partial charge in [-0.05, 0) is 25.0 Å². The largest absolute Gasteiger partial charge is 0.389 e. The summed E-state index contributed by atoms with van der Waals surface area (Å²) in [5, 5.41) is 30.6. The van der Waals surface area contributed by atoms with Crippen molar-refractivity contribution < 1.29 is 15.1 Å². The first-order valence-corrected chi connectivity index (χ1v) is 6.18. The van der Waals surface area contributed by atoms with E-state index in [1.165, 1.54) is 6.07 Å². The molecule has 1 aromatic carbocycles. The number of aliphatic hydroxyl groups is 2. The first-order valence-electron chi connectivity index (χ1n) is 5.06. The minimum atomic E-state index is -1.27. The van der Waals surface area contributed by atoms with Crippen LogP contribution in [0.4, 0.5) is 5.69 Å². The summed E-state index contributed by atoms with van der Waals surface area (Å²) in [5.41, 5.74) is 1.37. The van der Waals surface area contributed by atoms with Crippen molar-refractivity contribution in [1.82, 2.24) is 0 Å². The molecule has 0 fully saturated rings. The fourth-order valence-corrected chi connectivity index (χ4v) is 2.12. The summed E-state index contributed by atoms with van der Waals surface area (Å²) in [7, 11) is 0. The summed E-state index contributed by atoms with van der Waals surface area (Å²) in [4.78, 5) is 10.4. The highest BCUT2D eigenvalue weighted by Gasteiger charge is 2.27. The molecule has 94 valence electrons. The monoisotopic (exact) mass is 303 g/mol.